The van der Waals surface area contributed by atoms with Gasteiger partial charge in [0.1, 0.15) is 23.0 Å². The molecule has 0 saturated carbocycles. The van der Waals surface area contributed by atoms with Gasteiger partial charge in [0, 0.05) is 18.8 Å². The van der Waals surface area contributed by atoms with Crippen LogP contribution in [0.4, 0.5) is 5.82 Å². The van der Waals surface area contributed by atoms with Crippen molar-refractivity contribution in [2.45, 2.75) is 13.5 Å². The van der Waals surface area contributed by atoms with Crippen LogP contribution in [0.3, 0.4) is 0 Å². The molecule has 0 aliphatic rings. The molecule has 0 fully saturated rings. The van der Waals surface area contributed by atoms with E-state index in [-0.39, 0.29) is 0 Å². The molecule has 0 atom stereocenters. The molecule has 0 amide bonds. The predicted molar refractivity (Wildman–Crippen MR) is 101 cm³/mol. The number of ether oxygens (including phenoxy) is 1. The van der Waals surface area contributed by atoms with Gasteiger partial charge >= 0.3 is 0 Å². The fourth-order valence-electron chi connectivity index (χ4n) is 2.64. The van der Waals surface area contributed by atoms with Crippen molar-refractivity contribution >= 4 is 5.82 Å². The van der Waals surface area contributed by atoms with Crippen molar-refractivity contribution < 1.29 is 13.9 Å². The first-order valence-corrected chi connectivity index (χ1v) is 8.58. The number of benzene rings is 1. The Labute approximate surface area is 160 Å². The Morgan fingerprint density at radius 2 is 1.79 bits per heavy atom. The zero-order chi connectivity index (χ0) is 19.5. The lowest BCUT2D eigenvalue weighted by atomic mass is 10.2. The molecule has 3 heterocycles. The van der Waals surface area contributed by atoms with Gasteiger partial charge in [-0.1, -0.05) is 15.5 Å². The summed E-state index contributed by atoms with van der Waals surface area (Å²) in [5.41, 5.74) is 3.12. The molecule has 9 heteroatoms. The Balaban J connectivity index is 1.49. The first-order chi connectivity index (χ1) is 13.6. The second-order valence-corrected chi connectivity index (χ2v) is 6.21. The van der Waals surface area contributed by atoms with Gasteiger partial charge < -0.3 is 14.2 Å². The van der Waals surface area contributed by atoms with Gasteiger partial charge in [0.25, 0.3) is 5.89 Å². The summed E-state index contributed by atoms with van der Waals surface area (Å²) in [5.74, 6) is 2.46. The van der Waals surface area contributed by atoms with Crippen LogP contribution in [0.25, 0.3) is 22.8 Å². The van der Waals surface area contributed by atoms with Gasteiger partial charge in [0.15, 0.2) is 0 Å². The summed E-state index contributed by atoms with van der Waals surface area (Å²) < 4.78 is 15.3. The second kappa shape index (κ2) is 7.47. The molecule has 3 aromatic heterocycles. The van der Waals surface area contributed by atoms with Crippen molar-refractivity contribution in [3.8, 4) is 28.6 Å². The average Bonchev–Trinajstić information content (AvgIpc) is 3.38. The molecule has 9 nitrogen and oxygen atoms in total. The van der Waals surface area contributed by atoms with Crippen LogP contribution in [0.15, 0.2) is 51.7 Å². The van der Waals surface area contributed by atoms with Crippen LogP contribution in [0.2, 0.25) is 0 Å². The lowest BCUT2D eigenvalue weighted by Crippen LogP contribution is -2.18. The Morgan fingerprint density at radius 3 is 2.43 bits per heavy atom. The third-order valence-corrected chi connectivity index (χ3v) is 4.29. The Hall–Kier alpha value is -3.75. The van der Waals surface area contributed by atoms with Crippen molar-refractivity contribution in [1.82, 2.24) is 25.4 Å². The van der Waals surface area contributed by atoms with Gasteiger partial charge in [0.2, 0.25) is 5.82 Å². The third-order valence-electron chi connectivity index (χ3n) is 4.29. The van der Waals surface area contributed by atoms with Crippen LogP contribution in [-0.2, 0) is 6.54 Å². The maximum absolute atomic E-state index is 5.39. The van der Waals surface area contributed by atoms with Gasteiger partial charge in [-0.2, -0.15) is 4.98 Å². The summed E-state index contributed by atoms with van der Waals surface area (Å²) in [6, 6.07) is 11.2. The first-order valence-electron chi connectivity index (χ1n) is 8.58. The lowest BCUT2D eigenvalue weighted by molar-refractivity contribution is 0.301. The number of anilines is 1. The highest BCUT2D eigenvalue weighted by molar-refractivity contribution is 5.60. The molecule has 142 valence electrons. The van der Waals surface area contributed by atoms with Crippen LogP contribution >= 0.6 is 0 Å². The Kier molecular flexibility index (Phi) is 4.71. The summed E-state index contributed by atoms with van der Waals surface area (Å²) in [5, 5.41) is 11.7. The zero-order valence-electron chi connectivity index (χ0n) is 15.7. The number of aryl methyl sites for hydroxylation is 1. The summed E-state index contributed by atoms with van der Waals surface area (Å²) in [4.78, 5) is 10.9. The van der Waals surface area contributed by atoms with Crippen molar-refractivity contribution in [3.05, 3.63) is 54.0 Å². The molecule has 0 saturated heterocycles. The van der Waals surface area contributed by atoms with Crippen LogP contribution in [-0.4, -0.2) is 39.6 Å². The second-order valence-electron chi connectivity index (χ2n) is 6.21. The van der Waals surface area contributed by atoms with Crippen LogP contribution in [0.1, 0.15) is 11.4 Å². The number of hydrogen-bond donors (Lipinski definition) is 0. The van der Waals surface area contributed by atoms with E-state index in [9.17, 15) is 0 Å². The third kappa shape index (κ3) is 3.54. The molecule has 0 radical (unpaired) electrons. The van der Waals surface area contributed by atoms with E-state index >= 15 is 0 Å². The maximum atomic E-state index is 5.39. The minimum Gasteiger partial charge on any atom is -0.497 e. The minimum absolute atomic E-state index is 0.407. The largest absolute Gasteiger partial charge is 0.497 e. The number of rotatable bonds is 6. The van der Waals surface area contributed by atoms with Crippen molar-refractivity contribution in [2.75, 3.05) is 19.1 Å². The van der Waals surface area contributed by atoms with Crippen molar-refractivity contribution in [3.63, 3.8) is 0 Å². The molecule has 0 N–H and O–H groups in total. The molecule has 4 rings (SSSR count). The highest BCUT2D eigenvalue weighted by atomic mass is 16.6. The summed E-state index contributed by atoms with van der Waals surface area (Å²) >= 11 is 0. The van der Waals surface area contributed by atoms with E-state index in [0.717, 1.165) is 34.1 Å². The summed E-state index contributed by atoms with van der Waals surface area (Å²) in [6.07, 6.45) is 1.70. The Bertz CT molecular complexity index is 1060. The van der Waals surface area contributed by atoms with Crippen molar-refractivity contribution in [1.29, 1.82) is 0 Å². The fourth-order valence-corrected chi connectivity index (χ4v) is 2.64. The number of methoxy groups -OCH3 is 1. The number of hydrogen-bond acceptors (Lipinski definition) is 9. The van der Waals surface area contributed by atoms with Gasteiger partial charge in [-0.3, -0.25) is 0 Å². The highest BCUT2D eigenvalue weighted by Gasteiger charge is 2.13. The van der Waals surface area contributed by atoms with Crippen LogP contribution in [0, 0.1) is 6.92 Å². The number of aromatic nitrogens is 5. The topological polar surface area (TPSA) is 103 Å². The Morgan fingerprint density at radius 1 is 1.00 bits per heavy atom. The first kappa shape index (κ1) is 17.7. The standard InChI is InChI=1S/C19H18N6O3/c1-12-16(23-28-22-12)11-25(2)17-9-6-14(10-20-17)19-21-18(24-27-19)13-4-7-15(26-3)8-5-13/h4-10H,11H2,1-3H3. The van der Waals surface area contributed by atoms with Crippen LogP contribution in [0.5, 0.6) is 5.75 Å². The maximum Gasteiger partial charge on any atom is 0.259 e. The van der Waals surface area contributed by atoms with Gasteiger partial charge in [-0.15, -0.1) is 0 Å². The molecular weight excluding hydrogens is 360 g/mol. The molecule has 0 bridgehead atoms. The summed E-state index contributed by atoms with van der Waals surface area (Å²) in [7, 11) is 3.55. The highest BCUT2D eigenvalue weighted by Crippen LogP contribution is 2.24. The van der Waals surface area contributed by atoms with E-state index in [4.69, 9.17) is 13.9 Å². The fraction of sp³-hybridized carbons (Fsp3) is 0.211. The summed E-state index contributed by atoms with van der Waals surface area (Å²) in [6.45, 7) is 2.40. The molecular formula is C19H18N6O3. The monoisotopic (exact) mass is 378 g/mol. The van der Waals surface area contributed by atoms with Gasteiger partial charge in [-0.05, 0) is 43.3 Å². The molecule has 0 aliphatic heterocycles. The molecule has 28 heavy (non-hydrogen) atoms. The van der Waals surface area contributed by atoms with E-state index in [2.05, 4.69) is 25.4 Å². The molecule has 4 aromatic rings. The smallest absolute Gasteiger partial charge is 0.259 e. The van der Waals surface area contributed by atoms with Crippen molar-refractivity contribution in [2.24, 2.45) is 0 Å². The number of nitrogens with zero attached hydrogens (tertiary/aromatic N) is 6. The average molecular weight is 378 g/mol. The zero-order valence-corrected chi connectivity index (χ0v) is 15.7. The van der Waals surface area contributed by atoms with Gasteiger partial charge in [-0.25, -0.2) is 9.61 Å². The number of pyridine rings is 1. The van der Waals surface area contributed by atoms with E-state index in [1.165, 1.54) is 0 Å². The molecule has 0 unspecified atom stereocenters. The normalized spacial score (nSPS) is 10.8. The van der Waals surface area contributed by atoms with Crippen LogP contribution < -0.4 is 9.64 Å². The molecule has 0 spiro atoms. The molecule has 0 aliphatic carbocycles. The lowest BCUT2D eigenvalue weighted by Gasteiger charge is -2.16. The SMILES string of the molecule is COc1ccc(-c2noc(-c3ccc(N(C)Cc4nonc4C)nc3)n2)cc1. The molecule has 1 aromatic carbocycles. The van der Waals surface area contributed by atoms with E-state index < -0.39 is 0 Å². The van der Waals surface area contributed by atoms with Gasteiger partial charge in [0.05, 0.1) is 19.2 Å². The minimum atomic E-state index is 0.407. The van der Waals surface area contributed by atoms with E-state index in [1.54, 1.807) is 13.3 Å². The predicted octanol–water partition coefficient (Wildman–Crippen LogP) is 3.14. The van der Waals surface area contributed by atoms with E-state index in [1.807, 2.05) is 55.3 Å². The van der Waals surface area contributed by atoms with E-state index in [0.29, 0.717) is 18.3 Å². The quantitative estimate of drug-likeness (QED) is 0.500.